The minimum absolute atomic E-state index is 0.0633. The van der Waals surface area contributed by atoms with E-state index in [-0.39, 0.29) is 9.92 Å². The summed E-state index contributed by atoms with van der Waals surface area (Å²) in [5.74, 6) is 0. The molecule has 0 unspecified atom stereocenters. The van der Waals surface area contributed by atoms with E-state index in [1.54, 1.807) is 32.0 Å². The predicted molar refractivity (Wildman–Crippen MR) is 87.6 cm³/mol. The first-order chi connectivity index (χ1) is 9.70. The Morgan fingerprint density at radius 2 is 1.71 bits per heavy atom. The number of halogens is 2. The van der Waals surface area contributed by atoms with Crippen LogP contribution in [-0.4, -0.2) is 8.42 Å². The van der Waals surface area contributed by atoms with Gasteiger partial charge in [-0.15, -0.1) is 0 Å². The van der Waals surface area contributed by atoms with E-state index in [1.165, 1.54) is 12.1 Å². The fourth-order valence-corrected chi connectivity index (χ4v) is 3.69. The summed E-state index contributed by atoms with van der Waals surface area (Å²) in [6.45, 7) is 3.53. The number of aryl methyl sites for hydroxylation is 2. The van der Waals surface area contributed by atoms with Gasteiger partial charge in [-0.1, -0.05) is 29.3 Å². The molecule has 2 aromatic carbocycles. The monoisotopic (exact) mass is 344 g/mol. The second-order valence-corrected chi connectivity index (χ2v) is 7.20. The number of hydrogen-bond acceptors (Lipinski definition) is 3. The first kappa shape index (κ1) is 15.9. The van der Waals surface area contributed by atoms with Gasteiger partial charge in [-0.2, -0.15) is 0 Å². The lowest BCUT2D eigenvalue weighted by Crippen LogP contribution is -2.15. The number of benzene rings is 2. The van der Waals surface area contributed by atoms with E-state index in [2.05, 4.69) is 4.72 Å². The van der Waals surface area contributed by atoms with Gasteiger partial charge in [-0.05, 0) is 49.2 Å². The first-order valence-electron chi connectivity index (χ1n) is 6.05. The summed E-state index contributed by atoms with van der Waals surface area (Å²) in [4.78, 5) is -0.0633. The summed E-state index contributed by atoms with van der Waals surface area (Å²) < 4.78 is 27.4. The second kappa shape index (κ2) is 5.75. The summed E-state index contributed by atoms with van der Waals surface area (Å²) in [6, 6.07) is 7.83. The average Bonchev–Trinajstić information content (AvgIpc) is 2.37. The number of rotatable bonds is 3. The van der Waals surface area contributed by atoms with Crippen molar-refractivity contribution in [3.8, 4) is 0 Å². The Morgan fingerprint density at radius 1 is 1.05 bits per heavy atom. The van der Waals surface area contributed by atoms with Crippen LogP contribution in [0.5, 0.6) is 0 Å². The molecule has 0 spiro atoms. The zero-order valence-electron chi connectivity index (χ0n) is 11.4. The maximum absolute atomic E-state index is 12.5. The number of hydrogen-bond donors (Lipinski definition) is 2. The normalized spacial score (nSPS) is 11.4. The molecule has 21 heavy (non-hydrogen) atoms. The van der Waals surface area contributed by atoms with Crippen molar-refractivity contribution in [3.63, 3.8) is 0 Å². The SMILES string of the molecule is Cc1cc(Cl)c(S(=O)(=O)Nc2cc(Cl)ccc2C)cc1N. The molecule has 2 aromatic rings. The van der Waals surface area contributed by atoms with Crippen LogP contribution >= 0.6 is 23.2 Å². The highest BCUT2D eigenvalue weighted by Crippen LogP contribution is 2.29. The van der Waals surface area contributed by atoms with Gasteiger partial charge >= 0.3 is 0 Å². The van der Waals surface area contributed by atoms with Crippen LogP contribution < -0.4 is 10.5 Å². The molecule has 0 fully saturated rings. The molecule has 0 saturated heterocycles. The molecule has 112 valence electrons. The lowest BCUT2D eigenvalue weighted by Gasteiger charge is -2.13. The molecule has 4 nitrogen and oxygen atoms in total. The highest BCUT2D eigenvalue weighted by atomic mass is 35.5. The number of nitrogens with one attached hydrogen (secondary N) is 1. The molecule has 2 rings (SSSR count). The van der Waals surface area contributed by atoms with Gasteiger partial charge < -0.3 is 5.73 Å². The number of sulfonamides is 1. The second-order valence-electron chi connectivity index (χ2n) is 4.70. The average molecular weight is 345 g/mol. The Morgan fingerprint density at radius 3 is 2.38 bits per heavy atom. The number of nitrogen functional groups attached to an aromatic ring is 1. The van der Waals surface area contributed by atoms with Crippen LogP contribution in [0.3, 0.4) is 0 Å². The smallest absolute Gasteiger partial charge is 0.263 e. The summed E-state index contributed by atoms with van der Waals surface area (Å²) >= 11 is 11.9. The molecule has 0 heterocycles. The molecule has 0 saturated carbocycles. The van der Waals surface area contributed by atoms with Gasteiger partial charge in [0.2, 0.25) is 0 Å². The van der Waals surface area contributed by atoms with Crippen molar-refractivity contribution < 1.29 is 8.42 Å². The van der Waals surface area contributed by atoms with Crippen LogP contribution in [0.25, 0.3) is 0 Å². The van der Waals surface area contributed by atoms with E-state index >= 15 is 0 Å². The number of nitrogens with two attached hydrogens (primary N) is 1. The maximum Gasteiger partial charge on any atom is 0.263 e. The quantitative estimate of drug-likeness (QED) is 0.826. The van der Waals surface area contributed by atoms with Crippen LogP contribution in [0.4, 0.5) is 11.4 Å². The van der Waals surface area contributed by atoms with Crippen LogP contribution in [-0.2, 0) is 10.0 Å². The van der Waals surface area contributed by atoms with Crippen molar-refractivity contribution in [3.05, 3.63) is 51.5 Å². The van der Waals surface area contributed by atoms with Crippen molar-refractivity contribution in [2.24, 2.45) is 0 Å². The van der Waals surface area contributed by atoms with Gasteiger partial charge in [0, 0.05) is 10.7 Å². The van der Waals surface area contributed by atoms with Crippen LogP contribution in [0.15, 0.2) is 35.2 Å². The fourth-order valence-electron chi connectivity index (χ4n) is 1.78. The van der Waals surface area contributed by atoms with Crippen molar-refractivity contribution in [1.29, 1.82) is 0 Å². The molecule has 7 heteroatoms. The van der Waals surface area contributed by atoms with Crippen LogP contribution in [0.2, 0.25) is 10.0 Å². The Kier molecular flexibility index (Phi) is 4.37. The third-order valence-electron chi connectivity index (χ3n) is 3.05. The lowest BCUT2D eigenvalue weighted by molar-refractivity contribution is 0.601. The van der Waals surface area contributed by atoms with E-state index in [0.717, 1.165) is 11.1 Å². The third kappa shape index (κ3) is 3.43. The molecular formula is C14H14Cl2N2O2S. The molecule has 0 aliphatic rings. The summed E-state index contributed by atoms with van der Waals surface area (Å²) in [5.41, 5.74) is 8.00. The van der Waals surface area contributed by atoms with E-state index < -0.39 is 10.0 Å². The first-order valence-corrected chi connectivity index (χ1v) is 8.29. The van der Waals surface area contributed by atoms with Crippen molar-refractivity contribution in [1.82, 2.24) is 0 Å². The molecule has 0 aromatic heterocycles. The lowest BCUT2D eigenvalue weighted by atomic mass is 10.2. The van der Waals surface area contributed by atoms with Gasteiger partial charge in [-0.25, -0.2) is 8.42 Å². The van der Waals surface area contributed by atoms with E-state index in [1.807, 2.05) is 0 Å². The molecule has 0 aliphatic carbocycles. The molecule has 3 N–H and O–H groups in total. The fraction of sp³-hybridized carbons (Fsp3) is 0.143. The topological polar surface area (TPSA) is 72.2 Å². The summed E-state index contributed by atoms with van der Waals surface area (Å²) in [7, 11) is -3.84. The van der Waals surface area contributed by atoms with Crippen molar-refractivity contribution in [2.45, 2.75) is 18.7 Å². The van der Waals surface area contributed by atoms with Crippen molar-refractivity contribution in [2.75, 3.05) is 10.5 Å². The molecule has 0 amide bonds. The van der Waals surface area contributed by atoms with Gasteiger partial charge in [0.05, 0.1) is 10.7 Å². The molecule has 0 bridgehead atoms. The molecule has 0 atom stereocenters. The Balaban J connectivity index is 2.48. The highest BCUT2D eigenvalue weighted by Gasteiger charge is 2.20. The Labute approximate surface area is 133 Å². The summed E-state index contributed by atoms with van der Waals surface area (Å²) in [6.07, 6.45) is 0. The minimum atomic E-state index is -3.84. The van der Waals surface area contributed by atoms with Gasteiger partial charge in [0.1, 0.15) is 4.90 Å². The zero-order valence-corrected chi connectivity index (χ0v) is 13.8. The Hall–Kier alpha value is -1.43. The summed E-state index contributed by atoms with van der Waals surface area (Å²) in [5, 5.41) is 0.557. The van der Waals surface area contributed by atoms with Gasteiger partial charge in [0.15, 0.2) is 0 Å². The van der Waals surface area contributed by atoms with Crippen LogP contribution in [0, 0.1) is 13.8 Å². The van der Waals surface area contributed by atoms with Crippen molar-refractivity contribution >= 4 is 44.6 Å². The largest absolute Gasteiger partial charge is 0.398 e. The van der Waals surface area contributed by atoms with Gasteiger partial charge in [0.25, 0.3) is 10.0 Å². The number of anilines is 2. The molecular weight excluding hydrogens is 331 g/mol. The van der Waals surface area contributed by atoms with Crippen LogP contribution in [0.1, 0.15) is 11.1 Å². The zero-order chi connectivity index (χ0) is 15.8. The van der Waals surface area contributed by atoms with E-state index in [4.69, 9.17) is 28.9 Å². The van der Waals surface area contributed by atoms with Gasteiger partial charge in [-0.3, -0.25) is 4.72 Å². The van der Waals surface area contributed by atoms with E-state index in [0.29, 0.717) is 16.4 Å². The minimum Gasteiger partial charge on any atom is -0.398 e. The predicted octanol–water partition coefficient (Wildman–Crippen LogP) is 3.99. The highest BCUT2D eigenvalue weighted by molar-refractivity contribution is 7.92. The molecule has 0 radical (unpaired) electrons. The van der Waals surface area contributed by atoms with E-state index in [9.17, 15) is 8.42 Å². The standard InChI is InChI=1S/C14H14Cl2N2O2S/c1-8-3-4-10(15)6-13(8)18-21(19,20)14-7-12(17)9(2)5-11(14)16/h3-7,18H,17H2,1-2H3. The molecule has 0 aliphatic heterocycles. The third-order valence-corrected chi connectivity index (χ3v) is 5.12. The maximum atomic E-state index is 12.5. The Bertz CT molecular complexity index is 805.